The molecule has 0 bridgehead atoms. The van der Waals surface area contributed by atoms with Gasteiger partial charge >= 0.3 is 0 Å². The number of hydrogen-bond acceptors (Lipinski definition) is 6. The van der Waals surface area contributed by atoms with E-state index < -0.39 is 0 Å². The molecule has 90 valence electrons. The van der Waals surface area contributed by atoms with Crippen molar-refractivity contribution in [3.8, 4) is 16.3 Å². The monoisotopic (exact) mass is 250 g/mol. The second kappa shape index (κ2) is 5.70. The van der Waals surface area contributed by atoms with E-state index in [0.717, 1.165) is 34.4 Å². The van der Waals surface area contributed by atoms with E-state index in [9.17, 15) is 0 Å². The molecule has 2 rings (SSSR count). The molecule has 0 spiro atoms. The first-order valence-electron chi connectivity index (χ1n) is 5.36. The van der Waals surface area contributed by atoms with Gasteiger partial charge in [-0.25, -0.2) is 0 Å². The van der Waals surface area contributed by atoms with Crippen LogP contribution in [0.4, 0.5) is 0 Å². The number of ether oxygens (including phenoxy) is 1. The molecule has 1 N–H and O–H groups in total. The molecule has 2 aromatic heterocycles. The van der Waals surface area contributed by atoms with Crippen LogP contribution in [0.15, 0.2) is 18.5 Å². The van der Waals surface area contributed by atoms with Crippen molar-refractivity contribution >= 4 is 11.3 Å². The second-order valence-electron chi connectivity index (χ2n) is 3.36. The van der Waals surface area contributed by atoms with Crippen molar-refractivity contribution in [2.24, 2.45) is 0 Å². The second-order valence-corrected chi connectivity index (χ2v) is 4.42. The minimum Gasteiger partial charge on any atom is -0.494 e. The fourth-order valence-electron chi connectivity index (χ4n) is 1.39. The topological polar surface area (TPSA) is 59.9 Å². The Bertz CT molecular complexity index is 486. The minimum absolute atomic E-state index is 0.721. The van der Waals surface area contributed by atoms with Gasteiger partial charge in [-0.05, 0) is 12.6 Å². The third-order valence-electron chi connectivity index (χ3n) is 2.23. The van der Waals surface area contributed by atoms with Crippen LogP contribution in [0.5, 0.6) is 5.75 Å². The average molecular weight is 250 g/mol. The molecule has 17 heavy (non-hydrogen) atoms. The molecule has 0 atom stereocenters. The van der Waals surface area contributed by atoms with Gasteiger partial charge in [0.05, 0.1) is 18.9 Å². The molecule has 0 amide bonds. The van der Waals surface area contributed by atoms with Crippen LogP contribution in [-0.4, -0.2) is 28.8 Å². The largest absolute Gasteiger partial charge is 0.494 e. The van der Waals surface area contributed by atoms with Crippen molar-refractivity contribution in [3.63, 3.8) is 0 Å². The lowest BCUT2D eigenvalue weighted by molar-refractivity contribution is 0.414. The summed E-state index contributed by atoms with van der Waals surface area (Å²) >= 11 is 1.56. The van der Waals surface area contributed by atoms with Gasteiger partial charge in [0.25, 0.3) is 0 Å². The summed E-state index contributed by atoms with van der Waals surface area (Å²) in [6.07, 6.45) is 3.41. The van der Waals surface area contributed by atoms with E-state index in [1.165, 1.54) is 0 Å². The normalized spacial score (nSPS) is 10.5. The van der Waals surface area contributed by atoms with Gasteiger partial charge < -0.3 is 10.1 Å². The zero-order chi connectivity index (χ0) is 12.1. The molecule has 2 aromatic rings. The molecule has 0 fully saturated rings. The Balaban J connectivity index is 2.24. The molecule has 0 aliphatic heterocycles. The van der Waals surface area contributed by atoms with Crippen LogP contribution < -0.4 is 10.1 Å². The van der Waals surface area contributed by atoms with E-state index in [-0.39, 0.29) is 0 Å². The quantitative estimate of drug-likeness (QED) is 0.875. The first kappa shape index (κ1) is 11.9. The Labute approximate surface area is 104 Å². The number of nitrogens with zero attached hydrogens (tertiary/aromatic N) is 3. The molecule has 0 radical (unpaired) electrons. The molecule has 0 saturated carbocycles. The lowest BCUT2D eigenvalue weighted by atomic mass is 10.2. The minimum atomic E-state index is 0.721. The molecule has 2 heterocycles. The van der Waals surface area contributed by atoms with Crippen LogP contribution in [0.2, 0.25) is 0 Å². The van der Waals surface area contributed by atoms with Gasteiger partial charge in [0.1, 0.15) is 10.8 Å². The van der Waals surface area contributed by atoms with Crippen molar-refractivity contribution < 1.29 is 4.74 Å². The molecule has 0 aliphatic rings. The van der Waals surface area contributed by atoms with Gasteiger partial charge in [0, 0.05) is 12.7 Å². The third kappa shape index (κ3) is 2.78. The zero-order valence-electron chi connectivity index (χ0n) is 9.80. The first-order chi connectivity index (χ1) is 8.35. The number of methoxy groups -OCH3 is 1. The lowest BCUT2D eigenvalue weighted by Gasteiger charge is -2.02. The van der Waals surface area contributed by atoms with Crippen molar-refractivity contribution in [2.45, 2.75) is 13.5 Å². The Morgan fingerprint density at radius 3 is 3.06 bits per heavy atom. The molecular weight excluding hydrogens is 236 g/mol. The van der Waals surface area contributed by atoms with Crippen molar-refractivity contribution in [2.75, 3.05) is 13.7 Å². The number of rotatable bonds is 5. The van der Waals surface area contributed by atoms with Gasteiger partial charge in [-0.3, -0.25) is 4.98 Å². The molecule has 0 aliphatic carbocycles. The maximum absolute atomic E-state index is 5.25. The predicted octanol–water partition coefficient (Wildman–Crippen LogP) is 1.72. The van der Waals surface area contributed by atoms with E-state index in [2.05, 4.69) is 27.4 Å². The smallest absolute Gasteiger partial charge is 0.151 e. The van der Waals surface area contributed by atoms with Crippen molar-refractivity contribution in [1.82, 2.24) is 20.5 Å². The van der Waals surface area contributed by atoms with Crippen molar-refractivity contribution in [1.29, 1.82) is 0 Å². The molecule has 6 heteroatoms. The number of aromatic nitrogens is 3. The Hall–Kier alpha value is -1.53. The number of pyridine rings is 1. The van der Waals surface area contributed by atoms with Gasteiger partial charge in [0.2, 0.25) is 0 Å². The van der Waals surface area contributed by atoms with Crippen LogP contribution in [0.3, 0.4) is 0 Å². The first-order valence-corrected chi connectivity index (χ1v) is 6.18. The van der Waals surface area contributed by atoms with E-state index in [1.807, 2.05) is 6.07 Å². The van der Waals surface area contributed by atoms with Gasteiger partial charge in [-0.2, -0.15) is 0 Å². The maximum atomic E-state index is 5.25. The number of nitrogens with one attached hydrogen (secondary N) is 1. The summed E-state index contributed by atoms with van der Waals surface area (Å²) in [7, 11) is 1.63. The third-order valence-corrected chi connectivity index (χ3v) is 3.18. The molecule has 5 nitrogen and oxygen atoms in total. The van der Waals surface area contributed by atoms with E-state index in [0.29, 0.717) is 0 Å². The van der Waals surface area contributed by atoms with Crippen molar-refractivity contribution in [3.05, 3.63) is 23.5 Å². The van der Waals surface area contributed by atoms with Crippen LogP contribution in [0.1, 0.15) is 11.9 Å². The molecule has 0 unspecified atom stereocenters. The average Bonchev–Trinajstić information content (AvgIpc) is 2.85. The Morgan fingerprint density at radius 2 is 2.29 bits per heavy atom. The Morgan fingerprint density at radius 1 is 1.41 bits per heavy atom. The summed E-state index contributed by atoms with van der Waals surface area (Å²) in [4.78, 5) is 4.02. The zero-order valence-corrected chi connectivity index (χ0v) is 10.6. The van der Waals surface area contributed by atoms with Gasteiger partial charge in [-0.15, -0.1) is 10.2 Å². The fourth-order valence-corrected chi connectivity index (χ4v) is 2.22. The summed E-state index contributed by atoms with van der Waals surface area (Å²) in [6.45, 7) is 3.74. The molecule has 0 saturated heterocycles. The lowest BCUT2D eigenvalue weighted by Crippen LogP contribution is -2.11. The molecule has 0 aromatic carbocycles. The maximum Gasteiger partial charge on any atom is 0.151 e. The standard InChI is InChI=1S/C11H14N4OS/c1-3-12-7-10-14-15-11(17-10)8-4-5-13-6-9(8)16-2/h4-6,12H,3,7H2,1-2H3. The van der Waals surface area contributed by atoms with E-state index in [1.54, 1.807) is 30.8 Å². The summed E-state index contributed by atoms with van der Waals surface area (Å²) in [5, 5.41) is 13.4. The van der Waals surface area contributed by atoms with Gasteiger partial charge in [-0.1, -0.05) is 18.3 Å². The summed E-state index contributed by atoms with van der Waals surface area (Å²) < 4.78 is 5.25. The van der Waals surface area contributed by atoms with Crippen LogP contribution >= 0.6 is 11.3 Å². The SMILES string of the molecule is CCNCc1nnc(-c2ccncc2OC)s1. The highest BCUT2D eigenvalue weighted by molar-refractivity contribution is 7.14. The van der Waals surface area contributed by atoms with Crippen LogP contribution in [-0.2, 0) is 6.54 Å². The Kier molecular flexibility index (Phi) is 4.00. The molecular formula is C11H14N4OS. The van der Waals surface area contributed by atoms with Crippen LogP contribution in [0.25, 0.3) is 10.6 Å². The summed E-state index contributed by atoms with van der Waals surface area (Å²) in [5.41, 5.74) is 0.933. The highest BCUT2D eigenvalue weighted by atomic mass is 32.1. The predicted molar refractivity (Wildman–Crippen MR) is 67.1 cm³/mol. The van der Waals surface area contributed by atoms with Gasteiger partial charge in [0.15, 0.2) is 5.01 Å². The highest BCUT2D eigenvalue weighted by Crippen LogP contribution is 2.30. The number of hydrogen-bond donors (Lipinski definition) is 1. The summed E-state index contributed by atoms with van der Waals surface area (Å²) in [5.74, 6) is 0.721. The summed E-state index contributed by atoms with van der Waals surface area (Å²) in [6, 6.07) is 1.89. The van der Waals surface area contributed by atoms with Crippen LogP contribution in [0, 0.1) is 0 Å². The fraction of sp³-hybridized carbons (Fsp3) is 0.364. The highest BCUT2D eigenvalue weighted by Gasteiger charge is 2.11. The van der Waals surface area contributed by atoms with E-state index >= 15 is 0 Å². The van der Waals surface area contributed by atoms with E-state index in [4.69, 9.17) is 4.74 Å².